The number of anilines is 1. The summed E-state index contributed by atoms with van der Waals surface area (Å²) in [4.78, 5) is 26.5. The molecule has 7 nitrogen and oxygen atoms in total. The normalized spacial score (nSPS) is 15.3. The lowest BCUT2D eigenvalue weighted by Gasteiger charge is -2.24. The van der Waals surface area contributed by atoms with Gasteiger partial charge in [-0.15, -0.1) is 23.5 Å². The van der Waals surface area contributed by atoms with Gasteiger partial charge in [0.05, 0.1) is 27.6 Å². The summed E-state index contributed by atoms with van der Waals surface area (Å²) in [5.41, 5.74) is 1.40. The molecule has 0 saturated carbocycles. The predicted molar refractivity (Wildman–Crippen MR) is 142 cm³/mol. The first-order valence-electron chi connectivity index (χ1n) is 10.9. The maximum Gasteiger partial charge on any atom is 0.283 e. The molecular formula is C26H19ClN2O5S2. The first-order chi connectivity index (χ1) is 17.5. The summed E-state index contributed by atoms with van der Waals surface area (Å²) < 4.78 is 11.2. The van der Waals surface area contributed by atoms with Crippen LogP contribution in [0.15, 0.2) is 94.4 Å². The molecule has 1 saturated heterocycles. The van der Waals surface area contributed by atoms with Crippen molar-refractivity contribution in [3.8, 4) is 11.5 Å². The Morgan fingerprint density at radius 1 is 1.08 bits per heavy atom. The van der Waals surface area contributed by atoms with Crippen molar-refractivity contribution in [2.24, 2.45) is 0 Å². The zero-order valence-corrected chi connectivity index (χ0v) is 21.1. The van der Waals surface area contributed by atoms with Crippen LogP contribution >= 0.6 is 35.1 Å². The Bertz CT molecular complexity index is 1380. The zero-order chi connectivity index (χ0) is 25.1. The third-order valence-corrected chi connectivity index (χ3v) is 8.00. The molecule has 1 aliphatic heterocycles. The van der Waals surface area contributed by atoms with Crippen molar-refractivity contribution in [2.75, 3.05) is 10.7 Å². The highest BCUT2D eigenvalue weighted by atomic mass is 35.5. The fourth-order valence-electron chi connectivity index (χ4n) is 3.76. The maximum absolute atomic E-state index is 12.8. The van der Waals surface area contributed by atoms with E-state index in [0.29, 0.717) is 38.4 Å². The van der Waals surface area contributed by atoms with Gasteiger partial charge in [0.1, 0.15) is 22.6 Å². The van der Waals surface area contributed by atoms with E-state index in [-0.39, 0.29) is 27.6 Å². The molecule has 1 atom stereocenters. The number of amides is 1. The van der Waals surface area contributed by atoms with Crippen molar-refractivity contribution < 1.29 is 18.9 Å². The fourth-order valence-corrected chi connectivity index (χ4v) is 5.96. The van der Waals surface area contributed by atoms with Gasteiger partial charge >= 0.3 is 0 Å². The van der Waals surface area contributed by atoms with Gasteiger partial charge < -0.3 is 9.15 Å². The van der Waals surface area contributed by atoms with Gasteiger partial charge in [-0.1, -0.05) is 17.7 Å². The maximum atomic E-state index is 12.8. The summed E-state index contributed by atoms with van der Waals surface area (Å²) >= 11 is 8.70. The van der Waals surface area contributed by atoms with E-state index < -0.39 is 0 Å². The van der Waals surface area contributed by atoms with E-state index >= 15 is 0 Å². The van der Waals surface area contributed by atoms with Gasteiger partial charge in [-0.25, -0.2) is 0 Å². The summed E-state index contributed by atoms with van der Waals surface area (Å²) in [7, 11) is 0. The topological polar surface area (TPSA) is 85.8 Å². The minimum atomic E-state index is -0.386. The van der Waals surface area contributed by atoms with Crippen LogP contribution in [0.3, 0.4) is 0 Å². The van der Waals surface area contributed by atoms with Crippen LogP contribution in [-0.2, 0) is 10.5 Å². The first-order valence-corrected chi connectivity index (χ1v) is 13.3. The van der Waals surface area contributed by atoms with E-state index in [1.54, 1.807) is 65.8 Å². The highest BCUT2D eigenvalue weighted by molar-refractivity contribution is 8.00. The SMILES string of the molecule is O=C1CSC(c2ccc(SCc3ccco3)c([N+](=O)[O-])c2)N1c1ccc(Oc2ccc(Cl)cc2)cc1. The number of halogens is 1. The Hall–Kier alpha value is -3.40. The van der Waals surface area contributed by atoms with E-state index in [1.165, 1.54) is 23.5 Å². The van der Waals surface area contributed by atoms with Gasteiger partial charge in [0, 0.05) is 16.8 Å². The summed E-state index contributed by atoms with van der Waals surface area (Å²) in [5.74, 6) is 2.72. The van der Waals surface area contributed by atoms with Crippen LogP contribution in [0, 0.1) is 10.1 Å². The molecule has 1 fully saturated rings. The number of ether oxygens (including phenoxy) is 1. The largest absolute Gasteiger partial charge is 0.468 e. The van der Waals surface area contributed by atoms with Crippen LogP contribution in [0.25, 0.3) is 0 Å². The van der Waals surface area contributed by atoms with Crippen molar-refractivity contribution in [3.63, 3.8) is 0 Å². The number of nitro groups is 1. The third kappa shape index (κ3) is 5.38. The average Bonchev–Trinajstić information content (AvgIpc) is 3.54. The average molecular weight is 539 g/mol. The number of hydrogen-bond donors (Lipinski definition) is 0. The minimum absolute atomic E-state index is 0.00988. The Labute approximate surface area is 220 Å². The number of thioether (sulfide) groups is 2. The molecule has 182 valence electrons. The van der Waals surface area contributed by atoms with Gasteiger partial charge in [0.25, 0.3) is 5.69 Å². The van der Waals surface area contributed by atoms with E-state index in [2.05, 4.69) is 0 Å². The Morgan fingerprint density at radius 2 is 1.81 bits per heavy atom. The Morgan fingerprint density at radius 3 is 2.47 bits per heavy atom. The second kappa shape index (κ2) is 10.7. The van der Waals surface area contributed by atoms with Crippen molar-refractivity contribution in [2.45, 2.75) is 16.0 Å². The lowest BCUT2D eigenvalue weighted by Crippen LogP contribution is -2.27. The Balaban J connectivity index is 1.36. The molecule has 0 N–H and O–H groups in total. The Kier molecular flexibility index (Phi) is 7.22. The van der Waals surface area contributed by atoms with Crippen LogP contribution in [0.2, 0.25) is 5.02 Å². The van der Waals surface area contributed by atoms with Gasteiger partial charge in [0.2, 0.25) is 5.91 Å². The molecule has 1 aromatic heterocycles. The predicted octanol–water partition coefficient (Wildman–Crippen LogP) is 7.70. The van der Waals surface area contributed by atoms with Crippen molar-refractivity contribution >= 4 is 52.4 Å². The number of nitrogens with zero attached hydrogens (tertiary/aromatic N) is 2. The van der Waals surface area contributed by atoms with E-state index in [0.717, 1.165) is 5.76 Å². The summed E-state index contributed by atoms with van der Waals surface area (Å²) in [5, 5.41) is 12.1. The highest BCUT2D eigenvalue weighted by Crippen LogP contribution is 2.44. The standard InChI is InChI=1S/C26H19ClN2O5S2/c27-18-4-8-20(9-5-18)34-21-10-6-19(7-11-21)28-25(30)16-36-26(28)17-3-12-24(23(14-17)29(31)32)35-15-22-2-1-13-33-22/h1-14,26H,15-16H2. The number of carbonyl (C=O) groups excluding carboxylic acids is 1. The second-order valence-electron chi connectivity index (χ2n) is 7.83. The van der Waals surface area contributed by atoms with Crippen LogP contribution in [0.1, 0.15) is 16.7 Å². The number of nitro benzene ring substituents is 1. The molecule has 4 aromatic rings. The lowest BCUT2D eigenvalue weighted by molar-refractivity contribution is -0.387. The molecule has 0 radical (unpaired) electrons. The molecule has 5 rings (SSSR count). The van der Waals surface area contributed by atoms with Gasteiger partial charge in [-0.05, 0) is 72.3 Å². The van der Waals surface area contributed by atoms with Crippen LogP contribution in [-0.4, -0.2) is 16.6 Å². The van der Waals surface area contributed by atoms with Gasteiger partial charge in [0.15, 0.2) is 0 Å². The van der Waals surface area contributed by atoms with Crippen molar-refractivity contribution in [3.05, 3.63) is 112 Å². The molecule has 2 heterocycles. The molecule has 0 aliphatic carbocycles. The molecule has 0 bridgehead atoms. The van der Waals surface area contributed by atoms with Crippen molar-refractivity contribution in [1.82, 2.24) is 0 Å². The zero-order valence-electron chi connectivity index (χ0n) is 18.7. The molecule has 1 amide bonds. The van der Waals surface area contributed by atoms with Gasteiger partial charge in [-0.3, -0.25) is 19.8 Å². The van der Waals surface area contributed by atoms with Crippen molar-refractivity contribution in [1.29, 1.82) is 0 Å². The molecule has 0 spiro atoms. The molecule has 3 aromatic carbocycles. The van der Waals surface area contributed by atoms with E-state index in [9.17, 15) is 14.9 Å². The molecular weight excluding hydrogens is 520 g/mol. The monoisotopic (exact) mass is 538 g/mol. The fraction of sp³-hybridized carbons (Fsp3) is 0.115. The van der Waals surface area contributed by atoms with Crippen LogP contribution in [0.4, 0.5) is 11.4 Å². The van der Waals surface area contributed by atoms with Crippen LogP contribution in [0.5, 0.6) is 11.5 Å². The smallest absolute Gasteiger partial charge is 0.283 e. The number of carbonyl (C=O) groups is 1. The molecule has 1 aliphatic rings. The summed E-state index contributed by atoms with van der Waals surface area (Å²) in [6.07, 6.45) is 1.58. The lowest BCUT2D eigenvalue weighted by atomic mass is 10.1. The number of hydrogen-bond acceptors (Lipinski definition) is 7. The number of benzene rings is 3. The quantitative estimate of drug-likeness (QED) is 0.129. The van der Waals surface area contributed by atoms with Crippen LogP contribution < -0.4 is 9.64 Å². The van der Waals surface area contributed by atoms with Gasteiger partial charge in [-0.2, -0.15) is 0 Å². The minimum Gasteiger partial charge on any atom is -0.468 e. The molecule has 1 unspecified atom stereocenters. The molecule has 36 heavy (non-hydrogen) atoms. The highest BCUT2D eigenvalue weighted by Gasteiger charge is 2.35. The van der Waals surface area contributed by atoms with E-state index in [4.69, 9.17) is 20.8 Å². The number of furan rings is 1. The second-order valence-corrected chi connectivity index (χ2v) is 10.4. The summed E-state index contributed by atoms with van der Waals surface area (Å²) in [6.45, 7) is 0. The molecule has 10 heteroatoms. The number of rotatable bonds is 8. The third-order valence-electron chi connectivity index (χ3n) is 5.45. The summed E-state index contributed by atoms with van der Waals surface area (Å²) in [6, 6.07) is 23.0. The van der Waals surface area contributed by atoms with E-state index in [1.807, 2.05) is 24.3 Å². The first kappa shape index (κ1) is 24.3.